The van der Waals surface area contributed by atoms with Crippen LogP contribution in [0.25, 0.3) is 16.3 Å². The highest BCUT2D eigenvalue weighted by Gasteiger charge is 2.12. The third kappa shape index (κ3) is 2.29. The Kier molecular flexibility index (Phi) is 3.52. The Labute approximate surface area is 113 Å². The Bertz CT molecular complexity index is 696. The first kappa shape index (κ1) is 13.1. The third-order valence-corrected chi connectivity index (χ3v) is 3.12. The molecule has 0 fully saturated rings. The van der Waals surface area contributed by atoms with Gasteiger partial charge in [0.25, 0.3) is 0 Å². The fraction of sp³-hybridized carbons (Fsp3) is 0.118. The zero-order valence-corrected chi connectivity index (χ0v) is 11.2. The van der Waals surface area contributed by atoms with Crippen molar-refractivity contribution < 1.29 is 4.79 Å². The number of nitrogens with two attached hydrogens (primary N) is 1. The van der Waals surface area contributed by atoms with Crippen LogP contribution in [0.1, 0.15) is 29.8 Å². The molecule has 2 rings (SSSR count). The Morgan fingerprint density at radius 3 is 2.58 bits per heavy atom. The Balaban J connectivity index is 2.89. The maximum Gasteiger partial charge on any atom is 0.186 e. The second kappa shape index (κ2) is 5.11. The number of hydrogen-bond acceptors (Lipinski definition) is 2. The number of benzene rings is 2. The lowest BCUT2D eigenvalue weighted by molar-refractivity contribution is 0.104. The van der Waals surface area contributed by atoms with E-state index in [1.807, 2.05) is 44.2 Å². The number of carbonyl (C=O) groups excluding carboxylic acids is 1. The number of anilines is 1. The fourth-order valence-electron chi connectivity index (χ4n) is 2.23. The number of hydrogen-bond donors (Lipinski definition) is 1. The van der Waals surface area contributed by atoms with Crippen molar-refractivity contribution in [1.82, 2.24) is 0 Å². The van der Waals surface area contributed by atoms with Gasteiger partial charge >= 0.3 is 0 Å². The molecule has 2 aromatic carbocycles. The van der Waals surface area contributed by atoms with Gasteiger partial charge in [-0.25, -0.2) is 0 Å². The average molecular weight is 251 g/mol. The molecule has 0 heterocycles. The van der Waals surface area contributed by atoms with Gasteiger partial charge in [0.05, 0.1) is 0 Å². The van der Waals surface area contributed by atoms with Crippen molar-refractivity contribution in [2.75, 3.05) is 5.73 Å². The van der Waals surface area contributed by atoms with E-state index in [9.17, 15) is 4.79 Å². The molecule has 0 radical (unpaired) electrons. The number of carbonyl (C=O) groups is 1. The van der Waals surface area contributed by atoms with Gasteiger partial charge in [-0.15, -0.1) is 0 Å². The van der Waals surface area contributed by atoms with Crippen molar-refractivity contribution in [3.63, 3.8) is 0 Å². The van der Waals surface area contributed by atoms with Gasteiger partial charge in [-0.3, -0.25) is 4.79 Å². The molecule has 96 valence electrons. The van der Waals surface area contributed by atoms with E-state index in [0.717, 1.165) is 21.9 Å². The number of rotatable bonds is 3. The normalized spacial score (nSPS) is 11.1. The monoisotopic (exact) mass is 251 g/mol. The highest BCUT2D eigenvalue weighted by molar-refractivity contribution is 6.17. The minimum atomic E-state index is -0.0128. The molecule has 0 aromatic heterocycles. The van der Waals surface area contributed by atoms with E-state index in [-0.39, 0.29) is 5.78 Å². The van der Waals surface area contributed by atoms with Crippen molar-refractivity contribution in [2.45, 2.75) is 13.8 Å². The van der Waals surface area contributed by atoms with Crippen molar-refractivity contribution in [1.29, 1.82) is 0 Å². The summed E-state index contributed by atoms with van der Waals surface area (Å²) in [6.07, 6.45) is 3.31. The molecule has 2 heteroatoms. The molecule has 2 N–H and O–H groups in total. The second-order valence-electron chi connectivity index (χ2n) is 4.58. The lowest BCUT2D eigenvalue weighted by atomic mass is 9.93. The highest BCUT2D eigenvalue weighted by atomic mass is 16.1. The van der Waals surface area contributed by atoms with Gasteiger partial charge in [-0.1, -0.05) is 42.5 Å². The van der Waals surface area contributed by atoms with Crippen LogP contribution in [0.4, 0.5) is 5.69 Å². The van der Waals surface area contributed by atoms with Gasteiger partial charge in [0.15, 0.2) is 5.78 Å². The summed E-state index contributed by atoms with van der Waals surface area (Å²) in [5, 5.41) is 1.79. The topological polar surface area (TPSA) is 43.1 Å². The van der Waals surface area contributed by atoms with E-state index in [4.69, 9.17) is 5.73 Å². The molecule has 2 nitrogen and oxygen atoms in total. The van der Waals surface area contributed by atoms with Crippen LogP contribution in [-0.4, -0.2) is 5.78 Å². The molecule has 0 spiro atoms. The average Bonchev–Trinajstić information content (AvgIpc) is 2.38. The largest absolute Gasteiger partial charge is 0.398 e. The predicted molar refractivity (Wildman–Crippen MR) is 82.2 cm³/mol. The van der Waals surface area contributed by atoms with E-state index in [0.29, 0.717) is 11.3 Å². The fourth-order valence-corrected chi connectivity index (χ4v) is 2.23. The first-order chi connectivity index (χ1) is 9.06. The van der Waals surface area contributed by atoms with Crippen LogP contribution in [0.3, 0.4) is 0 Å². The number of fused-ring (bicyclic) bond motifs is 1. The molecular formula is C17H17NO. The summed E-state index contributed by atoms with van der Waals surface area (Å²) in [4.78, 5) is 12.2. The predicted octanol–water partition coefficient (Wildman–Crippen LogP) is 4.21. The third-order valence-electron chi connectivity index (χ3n) is 3.12. The Morgan fingerprint density at radius 2 is 1.95 bits per heavy atom. The maximum atomic E-state index is 12.2. The quantitative estimate of drug-likeness (QED) is 0.504. The van der Waals surface area contributed by atoms with Gasteiger partial charge in [-0.2, -0.15) is 0 Å². The van der Waals surface area contributed by atoms with Crippen LogP contribution >= 0.6 is 0 Å². The summed E-state index contributed by atoms with van der Waals surface area (Å²) >= 11 is 0. The van der Waals surface area contributed by atoms with Crippen LogP contribution in [0.15, 0.2) is 49.1 Å². The van der Waals surface area contributed by atoms with Crippen LogP contribution < -0.4 is 5.73 Å². The number of nitrogen functional groups attached to an aromatic ring is 1. The van der Waals surface area contributed by atoms with Crippen molar-refractivity contribution >= 4 is 27.8 Å². The molecular weight excluding hydrogens is 234 g/mol. The molecule has 0 amide bonds. The van der Waals surface area contributed by atoms with E-state index >= 15 is 0 Å². The summed E-state index contributed by atoms with van der Waals surface area (Å²) in [7, 11) is 0. The first-order valence-electron chi connectivity index (χ1n) is 6.20. The van der Waals surface area contributed by atoms with Gasteiger partial charge in [-0.05, 0) is 31.6 Å². The van der Waals surface area contributed by atoms with E-state index in [2.05, 4.69) is 6.58 Å². The molecule has 0 atom stereocenters. The highest BCUT2D eigenvalue weighted by Crippen LogP contribution is 2.31. The molecule has 2 aromatic rings. The molecule has 19 heavy (non-hydrogen) atoms. The van der Waals surface area contributed by atoms with Crippen LogP contribution in [0, 0.1) is 0 Å². The van der Waals surface area contributed by atoms with Crippen molar-refractivity contribution in [3.05, 3.63) is 60.2 Å². The Morgan fingerprint density at radius 1 is 1.21 bits per heavy atom. The van der Waals surface area contributed by atoms with Crippen molar-refractivity contribution in [2.24, 2.45) is 0 Å². The van der Waals surface area contributed by atoms with Crippen molar-refractivity contribution in [3.8, 4) is 0 Å². The van der Waals surface area contributed by atoms with Crippen LogP contribution in [0.5, 0.6) is 0 Å². The zero-order valence-electron chi connectivity index (χ0n) is 11.2. The number of allylic oxidation sites excluding steroid dienone is 3. The molecule has 0 aliphatic heterocycles. The van der Waals surface area contributed by atoms with E-state index in [1.54, 1.807) is 12.2 Å². The first-order valence-corrected chi connectivity index (χ1v) is 6.20. The van der Waals surface area contributed by atoms with Crippen LogP contribution in [-0.2, 0) is 0 Å². The molecule has 0 unspecified atom stereocenters. The Hall–Kier alpha value is -2.35. The van der Waals surface area contributed by atoms with Gasteiger partial charge in [0.2, 0.25) is 0 Å². The summed E-state index contributed by atoms with van der Waals surface area (Å²) in [6.45, 7) is 7.74. The van der Waals surface area contributed by atoms with Gasteiger partial charge in [0.1, 0.15) is 0 Å². The summed E-state index contributed by atoms with van der Waals surface area (Å²) in [5.41, 5.74) is 9.24. The lowest BCUT2D eigenvalue weighted by Gasteiger charge is -2.12. The smallest absolute Gasteiger partial charge is 0.186 e. The van der Waals surface area contributed by atoms with E-state index < -0.39 is 0 Å². The van der Waals surface area contributed by atoms with E-state index in [1.165, 1.54) is 0 Å². The SMILES string of the molecule is C=C(C)c1ccc(N)c2cccc(C(=O)/C=C/C)c12. The summed E-state index contributed by atoms with van der Waals surface area (Å²) in [5.74, 6) is -0.0128. The molecule has 0 aliphatic carbocycles. The van der Waals surface area contributed by atoms with Gasteiger partial charge in [0, 0.05) is 22.0 Å². The van der Waals surface area contributed by atoms with Gasteiger partial charge < -0.3 is 5.73 Å². The summed E-state index contributed by atoms with van der Waals surface area (Å²) < 4.78 is 0. The standard InChI is InChI=1S/C17H17NO/c1-4-6-16(19)14-8-5-7-13-15(18)10-9-12(11(2)3)17(13)14/h4-10H,2,18H2,1,3H3/b6-4+. The molecule has 0 saturated heterocycles. The maximum absolute atomic E-state index is 12.2. The molecule has 0 aliphatic rings. The minimum Gasteiger partial charge on any atom is -0.398 e. The molecule has 0 bridgehead atoms. The summed E-state index contributed by atoms with van der Waals surface area (Å²) in [6, 6.07) is 9.40. The minimum absolute atomic E-state index is 0.0128. The lowest BCUT2D eigenvalue weighted by Crippen LogP contribution is -1.99. The molecule has 0 saturated carbocycles. The zero-order chi connectivity index (χ0) is 14.0. The second-order valence-corrected chi connectivity index (χ2v) is 4.58. The van der Waals surface area contributed by atoms with Crippen LogP contribution in [0.2, 0.25) is 0 Å². The number of ketones is 1.